The van der Waals surface area contributed by atoms with Crippen LogP contribution in [0.2, 0.25) is 0 Å². The second-order valence-corrected chi connectivity index (χ2v) is 5.51. The van der Waals surface area contributed by atoms with E-state index in [0.29, 0.717) is 11.8 Å². The van der Waals surface area contributed by atoms with Crippen molar-refractivity contribution >= 4 is 11.6 Å². The fraction of sp³-hybridized carbons (Fsp3) is 0.312. The molecule has 0 radical (unpaired) electrons. The van der Waals surface area contributed by atoms with Crippen molar-refractivity contribution in [1.82, 2.24) is 10.2 Å². The van der Waals surface area contributed by atoms with Crippen molar-refractivity contribution in [3.05, 3.63) is 52.8 Å². The third-order valence-corrected chi connectivity index (χ3v) is 3.37. The third kappa shape index (κ3) is 4.06. The van der Waals surface area contributed by atoms with Crippen molar-refractivity contribution in [1.29, 1.82) is 0 Å². The summed E-state index contributed by atoms with van der Waals surface area (Å²) in [5, 5.41) is 8.82. The van der Waals surface area contributed by atoms with Crippen molar-refractivity contribution in [2.24, 2.45) is 0 Å². The van der Waals surface area contributed by atoms with Crippen LogP contribution in [0.1, 0.15) is 46.9 Å². The highest BCUT2D eigenvalue weighted by Gasteiger charge is 2.33. The minimum atomic E-state index is -4.64. The molecule has 7 heteroatoms. The Hall–Kier alpha value is -2.44. The highest BCUT2D eigenvalue weighted by Crippen LogP contribution is 2.27. The summed E-state index contributed by atoms with van der Waals surface area (Å²) in [6, 6.07) is 6.06. The Kier molecular flexibility index (Phi) is 4.68. The summed E-state index contributed by atoms with van der Waals surface area (Å²) < 4.78 is 37.8. The lowest BCUT2D eigenvalue weighted by Crippen LogP contribution is -2.16. The molecule has 0 saturated carbocycles. The van der Waals surface area contributed by atoms with Crippen molar-refractivity contribution in [3.63, 3.8) is 0 Å². The molecular formula is C16H16F3N3O. The molecule has 0 aliphatic rings. The molecule has 0 aliphatic carbocycles. The van der Waals surface area contributed by atoms with Crippen LogP contribution in [0.5, 0.6) is 0 Å². The molecule has 2 rings (SSSR count). The molecule has 1 aromatic carbocycles. The molecule has 0 spiro atoms. The van der Waals surface area contributed by atoms with E-state index in [1.54, 1.807) is 6.07 Å². The number of anilines is 1. The monoisotopic (exact) mass is 323 g/mol. The summed E-state index contributed by atoms with van der Waals surface area (Å²) in [5.74, 6) is -0.393. The Labute approximate surface area is 131 Å². The number of amides is 1. The average Bonchev–Trinajstić information content (AvgIpc) is 2.48. The minimum Gasteiger partial charge on any atom is -0.322 e. The number of aromatic nitrogens is 2. The van der Waals surface area contributed by atoms with E-state index < -0.39 is 17.8 Å². The van der Waals surface area contributed by atoms with E-state index in [4.69, 9.17) is 0 Å². The van der Waals surface area contributed by atoms with E-state index in [-0.39, 0.29) is 11.5 Å². The Balaban J connectivity index is 2.24. The van der Waals surface area contributed by atoms with Gasteiger partial charge in [0.1, 0.15) is 0 Å². The van der Waals surface area contributed by atoms with Gasteiger partial charge >= 0.3 is 6.18 Å². The Morgan fingerprint density at radius 3 is 2.52 bits per heavy atom. The number of hydrogen-bond donors (Lipinski definition) is 1. The Bertz CT molecular complexity index is 727. The van der Waals surface area contributed by atoms with Crippen molar-refractivity contribution in [3.8, 4) is 0 Å². The van der Waals surface area contributed by atoms with E-state index in [9.17, 15) is 18.0 Å². The van der Waals surface area contributed by atoms with Crippen LogP contribution in [-0.2, 0) is 6.18 Å². The molecule has 0 atom stereocenters. The predicted molar refractivity (Wildman–Crippen MR) is 80.3 cm³/mol. The highest BCUT2D eigenvalue weighted by molar-refractivity contribution is 6.04. The first-order valence-electron chi connectivity index (χ1n) is 7.00. The van der Waals surface area contributed by atoms with E-state index in [1.165, 1.54) is 0 Å². The van der Waals surface area contributed by atoms with Crippen LogP contribution in [0.15, 0.2) is 30.5 Å². The van der Waals surface area contributed by atoms with Crippen LogP contribution < -0.4 is 5.32 Å². The predicted octanol–water partition coefficient (Wildman–Crippen LogP) is 4.18. The van der Waals surface area contributed by atoms with Gasteiger partial charge in [-0.2, -0.15) is 18.3 Å². The van der Waals surface area contributed by atoms with E-state index in [0.717, 1.165) is 17.3 Å². The first-order valence-corrected chi connectivity index (χ1v) is 7.00. The Morgan fingerprint density at radius 1 is 1.22 bits per heavy atom. The van der Waals surface area contributed by atoms with Gasteiger partial charge in [-0.25, -0.2) is 0 Å². The summed E-state index contributed by atoms with van der Waals surface area (Å²) in [6.45, 7) is 6.01. The molecule has 0 saturated heterocycles. The molecule has 4 nitrogen and oxygen atoms in total. The number of carbonyl (C=O) groups excluding carboxylic acids is 1. The summed E-state index contributed by atoms with van der Waals surface area (Å²) in [4.78, 5) is 12.1. The van der Waals surface area contributed by atoms with Crippen LogP contribution in [0, 0.1) is 6.92 Å². The van der Waals surface area contributed by atoms with Gasteiger partial charge < -0.3 is 5.32 Å². The number of nitrogens with one attached hydrogen (secondary N) is 1. The molecule has 1 N–H and O–H groups in total. The highest BCUT2D eigenvalue weighted by atomic mass is 19.4. The quantitative estimate of drug-likeness (QED) is 0.922. The van der Waals surface area contributed by atoms with Gasteiger partial charge in [0.2, 0.25) is 0 Å². The van der Waals surface area contributed by atoms with Crippen LogP contribution in [0.4, 0.5) is 18.9 Å². The van der Waals surface area contributed by atoms with Gasteiger partial charge in [-0.05, 0) is 42.2 Å². The summed E-state index contributed by atoms with van der Waals surface area (Å²) in [5.41, 5.74) is 1.28. The van der Waals surface area contributed by atoms with E-state index in [1.807, 2.05) is 32.9 Å². The minimum absolute atomic E-state index is 0.195. The summed E-state index contributed by atoms with van der Waals surface area (Å²) >= 11 is 0. The standard InChI is InChI=1S/C16H16F3N3O/c1-9(2)13-7-12(5-4-10(13)3)21-15(23)11-6-14(16(17,18)19)22-20-8-11/h4-9H,1-3H3,(H,21,23). The smallest absolute Gasteiger partial charge is 0.322 e. The van der Waals surface area contributed by atoms with Gasteiger partial charge in [-0.15, -0.1) is 5.10 Å². The molecule has 1 amide bonds. The average molecular weight is 323 g/mol. The van der Waals surface area contributed by atoms with Gasteiger partial charge in [0.15, 0.2) is 5.69 Å². The first kappa shape index (κ1) is 16.9. The molecule has 1 aromatic heterocycles. The van der Waals surface area contributed by atoms with Gasteiger partial charge in [-0.3, -0.25) is 4.79 Å². The van der Waals surface area contributed by atoms with Crippen LogP contribution in [0.25, 0.3) is 0 Å². The number of nitrogens with zero attached hydrogens (tertiary/aromatic N) is 2. The first-order chi connectivity index (χ1) is 10.7. The molecule has 0 bridgehead atoms. The van der Waals surface area contributed by atoms with Gasteiger partial charge in [0, 0.05) is 5.69 Å². The lowest BCUT2D eigenvalue weighted by Gasteiger charge is -2.13. The number of benzene rings is 1. The zero-order valence-corrected chi connectivity index (χ0v) is 12.9. The number of halogens is 3. The molecule has 122 valence electrons. The van der Waals surface area contributed by atoms with Gasteiger partial charge in [0.25, 0.3) is 5.91 Å². The molecule has 0 fully saturated rings. The Morgan fingerprint density at radius 2 is 1.91 bits per heavy atom. The zero-order chi connectivity index (χ0) is 17.2. The fourth-order valence-electron chi connectivity index (χ4n) is 2.17. The van der Waals surface area contributed by atoms with Crippen LogP contribution in [0.3, 0.4) is 0 Å². The van der Waals surface area contributed by atoms with Gasteiger partial charge in [-0.1, -0.05) is 19.9 Å². The lowest BCUT2D eigenvalue weighted by molar-refractivity contribution is -0.141. The maximum atomic E-state index is 12.6. The van der Waals surface area contributed by atoms with Crippen molar-refractivity contribution in [2.75, 3.05) is 5.32 Å². The maximum Gasteiger partial charge on any atom is 0.435 e. The van der Waals surface area contributed by atoms with Gasteiger partial charge in [0.05, 0.1) is 11.8 Å². The molecule has 0 unspecified atom stereocenters. The number of aryl methyl sites for hydroxylation is 1. The topological polar surface area (TPSA) is 54.9 Å². The molecule has 1 heterocycles. The maximum absolute atomic E-state index is 12.6. The number of hydrogen-bond acceptors (Lipinski definition) is 3. The van der Waals surface area contributed by atoms with E-state index >= 15 is 0 Å². The third-order valence-electron chi connectivity index (χ3n) is 3.37. The zero-order valence-electron chi connectivity index (χ0n) is 12.9. The SMILES string of the molecule is Cc1ccc(NC(=O)c2cnnc(C(F)(F)F)c2)cc1C(C)C. The molecule has 2 aromatic rings. The molecule has 23 heavy (non-hydrogen) atoms. The fourth-order valence-corrected chi connectivity index (χ4v) is 2.17. The number of rotatable bonds is 3. The van der Waals surface area contributed by atoms with Crippen molar-refractivity contribution in [2.45, 2.75) is 32.9 Å². The number of alkyl halides is 3. The molecular weight excluding hydrogens is 307 g/mol. The normalized spacial score (nSPS) is 11.6. The molecule has 0 aliphatic heterocycles. The van der Waals surface area contributed by atoms with Crippen LogP contribution in [-0.4, -0.2) is 16.1 Å². The van der Waals surface area contributed by atoms with Crippen molar-refractivity contribution < 1.29 is 18.0 Å². The number of carbonyl (C=O) groups is 1. The van der Waals surface area contributed by atoms with Crippen LogP contribution >= 0.6 is 0 Å². The second-order valence-electron chi connectivity index (χ2n) is 5.51. The summed E-state index contributed by atoms with van der Waals surface area (Å²) in [7, 11) is 0. The lowest BCUT2D eigenvalue weighted by atomic mass is 9.97. The second kappa shape index (κ2) is 6.36. The van der Waals surface area contributed by atoms with E-state index in [2.05, 4.69) is 15.5 Å². The largest absolute Gasteiger partial charge is 0.435 e. The summed E-state index contributed by atoms with van der Waals surface area (Å²) in [6.07, 6.45) is -3.64.